The molecule has 0 saturated carbocycles. The molecule has 0 radical (unpaired) electrons. The number of likely N-dealkylation sites (tertiary alicyclic amines) is 1. The zero-order valence-electron chi connectivity index (χ0n) is 16.4. The summed E-state index contributed by atoms with van der Waals surface area (Å²) in [6.07, 6.45) is 3.74. The van der Waals surface area contributed by atoms with Gasteiger partial charge in [0.2, 0.25) is 0 Å². The summed E-state index contributed by atoms with van der Waals surface area (Å²) in [5.74, 6) is 2.11. The topological polar surface area (TPSA) is 70.4 Å². The van der Waals surface area contributed by atoms with Crippen molar-refractivity contribution in [2.75, 3.05) is 26.7 Å². The second-order valence-corrected chi connectivity index (χ2v) is 6.92. The zero-order valence-corrected chi connectivity index (χ0v) is 18.8. The largest absolute Gasteiger partial charge is 0.356 e. The summed E-state index contributed by atoms with van der Waals surface area (Å²) >= 11 is 0. The first-order valence-electron chi connectivity index (χ1n) is 9.39. The van der Waals surface area contributed by atoms with E-state index in [9.17, 15) is 4.39 Å². The Morgan fingerprint density at radius 1 is 1.25 bits per heavy atom. The van der Waals surface area contributed by atoms with E-state index in [1.54, 1.807) is 24.1 Å². The molecule has 7 nitrogen and oxygen atoms in total. The van der Waals surface area contributed by atoms with Gasteiger partial charge in [-0.15, -0.1) is 24.0 Å². The highest BCUT2D eigenvalue weighted by molar-refractivity contribution is 14.0. The molecule has 3 rings (SSSR count). The van der Waals surface area contributed by atoms with Crippen LogP contribution in [0.25, 0.3) is 0 Å². The van der Waals surface area contributed by atoms with Gasteiger partial charge in [-0.1, -0.05) is 18.2 Å². The van der Waals surface area contributed by atoms with Gasteiger partial charge in [-0.25, -0.2) is 9.37 Å². The van der Waals surface area contributed by atoms with Crippen molar-refractivity contribution in [3.8, 4) is 0 Å². The van der Waals surface area contributed by atoms with Crippen LogP contribution in [0.2, 0.25) is 0 Å². The summed E-state index contributed by atoms with van der Waals surface area (Å²) < 4.78 is 15.5. The fraction of sp³-hybridized carbons (Fsp3) is 0.526. The molecule has 0 aliphatic carbocycles. The zero-order chi connectivity index (χ0) is 19.1. The number of hydrogen-bond acceptors (Lipinski definition) is 4. The number of nitrogens with zero attached hydrogens (tertiary/aromatic N) is 5. The van der Waals surface area contributed by atoms with Crippen LogP contribution < -0.4 is 10.6 Å². The average Bonchev–Trinajstić information content (AvgIpc) is 3.10. The van der Waals surface area contributed by atoms with Crippen LogP contribution in [-0.4, -0.2) is 52.3 Å². The number of aryl methyl sites for hydroxylation is 1. The van der Waals surface area contributed by atoms with Crippen LogP contribution >= 0.6 is 24.0 Å². The number of aromatic nitrogens is 3. The van der Waals surface area contributed by atoms with Crippen LogP contribution in [0.1, 0.15) is 24.2 Å². The van der Waals surface area contributed by atoms with Gasteiger partial charge in [-0.3, -0.25) is 14.6 Å². The molecule has 1 saturated heterocycles. The lowest BCUT2D eigenvalue weighted by atomic mass is 9.96. The predicted octanol–water partition coefficient (Wildman–Crippen LogP) is 2.15. The quantitative estimate of drug-likeness (QED) is 0.361. The molecule has 154 valence electrons. The van der Waals surface area contributed by atoms with Crippen molar-refractivity contribution in [2.45, 2.75) is 25.9 Å². The van der Waals surface area contributed by atoms with E-state index in [0.29, 0.717) is 19.0 Å². The maximum atomic E-state index is 13.8. The Hall–Kier alpha value is -1.75. The summed E-state index contributed by atoms with van der Waals surface area (Å²) in [5.41, 5.74) is 0.780. The summed E-state index contributed by atoms with van der Waals surface area (Å²) in [7, 11) is 3.64. The first-order chi connectivity index (χ1) is 13.2. The number of hydrogen-bond donors (Lipinski definition) is 2. The number of guanidine groups is 1. The number of rotatable bonds is 6. The Morgan fingerprint density at radius 3 is 2.64 bits per heavy atom. The van der Waals surface area contributed by atoms with Crippen molar-refractivity contribution in [3.63, 3.8) is 0 Å². The Labute approximate surface area is 182 Å². The highest BCUT2D eigenvalue weighted by atomic mass is 127. The summed E-state index contributed by atoms with van der Waals surface area (Å²) in [6, 6.07) is 7.04. The molecule has 1 aromatic heterocycles. The number of nitrogens with one attached hydrogen (secondary N) is 2. The fourth-order valence-corrected chi connectivity index (χ4v) is 3.32. The average molecular weight is 501 g/mol. The van der Waals surface area contributed by atoms with Crippen LogP contribution in [0.3, 0.4) is 0 Å². The van der Waals surface area contributed by atoms with Gasteiger partial charge >= 0.3 is 0 Å². The van der Waals surface area contributed by atoms with E-state index in [0.717, 1.165) is 49.8 Å². The van der Waals surface area contributed by atoms with Crippen molar-refractivity contribution in [2.24, 2.45) is 18.0 Å². The SMILES string of the molecule is CN=C(NCc1ncnn1C)NCC1CCN(Cc2ccccc2F)CC1.I. The van der Waals surface area contributed by atoms with Crippen LogP contribution in [0, 0.1) is 11.7 Å². The second-order valence-electron chi connectivity index (χ2n) is 6.92. The van der Waals surface area contributed by atoms with Gasteiger partial charge in [-0.05, 0) is 37.9 Å². The third-order valence-corrected chi connectivity index (χ3v) is 5.06. The van der Waals surface area contributed by atoms with Gasteiger partial charge in [0.15, 0.2) is 5.96 Å². The summed E-state index contributed by atoms with van der Waals surface area (Å²) in [4.78, 5) is 10.8. The maximum absolute atomic E-state index is 13.8. The lowest BCUT2D eigenvalue weighted by Crippen LogP contribution is -2.42. The highest BCUT2D eigenvalue weighted by Crippen LogP contribution is 2.19. The number of piperidine rings is 1. The monoisotopic (exact) mass is 501 g/mol. The van der Waals surface area contributed by atoms with E-state index >= 15 is 0 Å². The van der Waals surface area contributed by atoms with Gasteiger partial charge in [0.25, 0.3) is 0 Å². The van der Waals surface area contributed by atoms with Crippen LogP contribution in [-0.2, 0) is 20.1 Å². The number of benzene rings is 1. The molecule has 1 fully saturated rings. The van der Waals surface area contributed by atoms with E-state index in [2.05, 4.69) is 30.6 Å². The van der Waals surface area contributed by atoms with E-state index < -0.39 is 0 Å². The molecule has 2 N–H and O–H groups in total. The van der Waals surface area contributed by atoms with Gasteiger partial charge in [0.1, 0.15) is 18.0 Å². The molecule has 1 aliphatic rings. The van der Waals surface area contributed by atoms with Gasteiger partial charge in [-0.2, -0.15) is 5.10 Å². The first kappa shape index (κ1) is 22.5. The van der Waals surface area contributed by atoms with E-state index in [1.807, 2.05) is 19.2 Å². The van der Waals surface area contributed by atoms with E-state index in [-0.39, 0.29) is 29.8 Å². The molecule has 2 heterocycles. The van der Waals surface area contributed by atoms with Crippen LogP contribution in [0.4, 0.5) is 4.39 Å². The molecule has 0 bridgehead atoms. The standard InChI is InChI=1S/C19H28FN7.HI/c1-21-19(23-12-18-24-14-25-26(18)2)22-11-15-7-9-27(10-8-15)13-16-5-3-4-6-17(16)20;/h3-6,14-15H,7-13H2,1-2H3,(H2,21,22,23);1H. The molecule has 0 spiro atoms. The normalized spacial score (nSPS) is 15.9. The molecule has 1 aromatic carbocycles. The minimum Gasteiger partial charge on any atom is -0.356 e. The van der Waals surface area contributed by atoms with Crippen molar-refractivity contribution in [1.29, 1.82) is 0 Å². The summed E-state index contributed by atoms with van der Waals surface area (Å²) in [6.45, 7) is 4.13. The second kappa shape index (κ2) is 11.3. The van der Waals surface area contributed by atoms with Gasteiger partial charge in [0, 0.05) is 32.7 Å². The smallest absolute Gasteiger partial charge is 0.191 e. The molecule has 0 atom stereocenters. The third kappa shape index (κ3) is 6.40. The van der Waals surface area contributed by atoms with Crippen molar-refractivity contribution in [1.82, 2.24) is 30.3 Å². The molecule has 28 heavy (non-hydrogen) atoms. The van der Waals surface area contributed by atoms with Gasteiger partial charge in [0.05, 0.1) is 6.54 Å². The van der Waals surface area contributed by atoms with E-state index in [4.69, 9.17) is 0 Å². The van der Waals surface area contributed by atoms with Gasteiger partial charge < -0.3 is 10.6 Å². The molecular weight excluding hydrogens is 472 g/mol. The summed E-state index contributed by atoms with van der Waals surface area (Å²) in [5, 5.41) is 10.7. The molecule has 9 heteroatoms. The lowest BCUT2D eigenvalue weighted by molar-refractivity contribution is 0.176. The Balaban J connectivity index is 0.00000280. The van der Waals surface area contributed by atoms with Crippen molar-refractivity contribution in [3.05, 3.63) is 47.8 Å². The maximum Gasteiger partial charge on any atom is 0.191 e. The molecule has 0 unspecified atom stereocenters. The van der Waals surface area contributed by atoms with Crippen LogP contribution in [0.5, 0.6) is 0 Å². The highest BCUT2D eigenvalue weighted by Gasteiger charge is 2.20. The minimum absolute atomic E-state index is 0. The lowest BCUT2D eigenvalue weighted by Gasteiger charge is -2.32. The van der Waals surface area contributed by atoms with Crippen molar-refractivity contribution < 1.29 is 4.39 Å². The molecule has 2 aromatic rings. The molecule has 0 amide bonds. The molecule has 1 aliphatic heterocycles. The predicted molar refractivity (Wildman–Crippen MR) is 119 cm³/mol. The first-order valence-corrected chi connectivity index (χ1v) is 9.39. The Kier molecular flexibility index (Phi) is 9.10. The minimum atomic E-state index is -0.112. The Morgan fingerprint density at radius 2 is 2.00 bits per heavy atom. The molecular formula is C19H29FIN7. The van der Waals surface area contributed by atoms with Crippen molar-refractivity contribution >= 4 is 29.9 Å². The van der Waals surface area contributed by atoms with Crippen LogP contribution in [0.15, 0.2) is 35.6 Å². The number of halogens is 2. The third-order valence-electron chi connectivity index (χ3n) is 5.06. The fourth-order valence-electron chi connectivity index (χ4n) is 3.32. The number of aliphatic imine (C=N–C) groups is 1. The van der Waals surface area contributed by atoms with E-state index in [1.165, 1.54) is 6.07 Å². The Bertz CT molecular complexity index is 756.